The summed E-state index contributed by atoms with van der Waals surface area (Å²) in [5, 5.41) is 9.07. The van der Waals surface area contributed by atoms with Crippen LogP contribution in [0.3, 0.4) is 0 Å². The minimum absolute atomic E-state index is 0.240. The van der Waals surface area contributed by atoms with Crippen LogP contribution in [-0.2, 0) is 0 Å². The van der Waals surface area contributed by atoms with Crippen LogP contribution < -0.4 is 10.5 Å². The Labute approximate surface area is 113 Å². The van der Waals surface area contributed by atoms with Crippen LogP contribution in [0.4, 0.5) is 0 Å². The summed E-state index contributed by atoms with van der Waals surface area (Å²) >= 11 is 0. The normalized spacial score (nSPS) is 11.6. The van der Waals surface area contributed by atoms with E-state index in [4.69, 9.17) is 15.7 Å². The molecule has 0 aliphatic rings. The molecule has 0 spiro atoms. The van der Waals surface area contributed by atoms with Gasteiger partial charge in [-0.25, -0.2) is 0 Å². The average molecular weight is 252 g/mol. The summed E-state index contributed by atoms with van der Waals surface area (Å²) < 4.78 is 5.91. The molecule has 0 bridgehead atoms. The number of hydrogen-bond donors (Lipinski definition) is 1. The fourth-order valence-corrected chi connectivity index (χ4v) is 2.00. The van der Waals surface area contributed by atoms with Crippen molar-refractivity contribution >= 4 is 0 Å². The SMILES string of the molecule is Cc1ccccc1C(CN)Oc1ccccc1C#N. The molecule has 0 radical (unpaired) electrons. The predicted molar refractivity (Wildman–Crippen MR) is 74.8 cm³/mol. The second-order valence-corrected chi connectivity index (χ2v) is 4.31. The lowest BCUT2D eigenvalue weighted by molar-refractivity contribution is 0.213. The molecule has 0 fully saturated rings. The van der Waals surface area contributed by atoms with Gasteiger partial charge in [-0.3, -0.25) is 0 Å². The quantitative estimate of drug-likeness (QED) is 0.910. The van der Waals surface area contributed by atoms with Gasteiger partial charge in [0.1, 0.15) is 17.9 Å². The molecule has 2 aromatic carbocycles. The summed E-state index contributed by atoms with van der Waals surface area (Å²) in [7, 11) is 0. The second kappa shape index (κ2) is 6.03. The molecule has 0 aromatic heterocycles. The van der Waals surface area contributed by atoms with Gasteiger partial charge in [0.2, 0.25) is 0 Å². The number of aryl methyl sites for hydroxylation is 1. The number of nitrogens with zero attached hydrogens (tertiary/aromatic N) is 1. The van der Waals surface area contributed by atoms with Crippen molar-refractivity contribution in [3.05, 3.63) is 65.2 Å². The van der Waals surface area contributed by atoms with Crippen molar-refractivity contribution in [2.24, 2.45) is 5.73 Å². The van der Waals surface area contributed by atoms with Crippen LogP contribution in [0, 0.1) is 18.3 Å². The topological polar surface area (TPSA) is 59.0 Å². The highest BCUT2D eigenvalue weighted by molar-refractivity contribution is 5.43. The second-order valence-electron chi connectivity index (χ2n) is 4.31. The van der Waals surface area contributed by atoms with Crippen LogP contribution in [0.2, 0.25) is 0 Å². The van der Waals surface area contributed by atoms with Crippen LogP contribution in [-0.4, -0.2) is 6.54 Å². The number of benzene rings is 2. The maximum Gasteiger partial charge on any atom is 0.138 e. The van der Waals surface area contributed by atoms with Crippen molar-refractivity contribution < 1.29 is 4.74 Å². The van der Waals surface area contributed by atoms with Gasteiger partial charge in [0, 0.05) is 6.54 Å². The van der Waals surface area contributed by atoms with Gasteiger partial charge in [0.05, 0.1) is 5.56 Å². The molecule has 0 aliphatic carbocycles. The Morgan fingerprint density at radius 3 is 2.53 bits per heavy atom. The van der Waals surface area contributed by atoms with Gasteiger partial charge in [0.25, 0.3) is 0 Å². The maximum atomic E-state index is 9.07. The smallest absolute Gasteiger partial charge is 0.138 e. The molecule has 0 saturated heterocycles. The Kier molecular flexibility index (Phi) is 4.17. The van der Waals surface area contributed by atoms with E-state index >= 15 is 0 Å². The van der Waals surface area contributed by atoms with E-state index in [0.717, 1.165) is 11.1 Å². The minimum atomic E-state index is -0.240. The average Bonchev–Trinajstić information content (AvgIpc) is 2.46. The molecule has 3 nitrogen and oxygen atoms in total. The minimum Gasteiger partial charge on any atom is -0.483 e. The Morgan fingerprint density at radius 2 is 1.84 bits per heavy atom. The molecule has 2 rings (SSSR count). The number of nitriles is 1. The van der Waals surface area contributed by atoms with Gasteiger partial charge < -0.3 is 10.5 Å². The molecule has 2 N–H and O–H groups in total. The number of nitrogens with two attached hydrogens (primary N) is 1. The van der Waals surface area contributed by atoms with Gasteiger partial charge in [-0.1, -0.05) is 36.4 Å². The summed E-state index contributed by atoms with van der Waals surface area (Å²) in [6.07, 6.45) is -0.240. The summed E-state index contributed by atoms with van der Waals surface area (Å²) in [5.41, 5.74) is 8.51. The van der Waals surface area contributed by atoms with Crippen molar-refractivity contribution in [3.8, 4) is 11.8 Å². The molecule has 0 aliphatic heterocycles. The summed E-state index contributed by atoms with van der Waals surface area (Å²) in [6.45, 7) is 2.39. The first-order valence-electron chi connectivity index (χ1n) is 6.17. The van der Waals surface area contributed by atoms with Crippen molar-refractivity contribution in [1.82, 2.24) is 0 Å². The lowest BCUT2D eigenvalue weighted by Gasteiger charge is -2.20. The van der Waals surface area contributed by atoms with Crippen molar-refractivity contribution in [2.45, 2.75) is 13.0 Å². The highest BCUT2D eigenvalue weighted by atomic mass is 16.5. The summed E-state index contributed by atoms with van der Waals surface area (Å²) in [6, 6.07) is 17.3. The fourth-order valence-electron chi connectivity index (χ4n) is 2.00. The Balaban J connectivity index is 2.30. The van der Waals surface area contributed by atoms with Gasteiger partial charge in [-0.05, 0) is 30.2 Å². The molecule has 3 heteroatoms. The molecule has 2 aromatic rings. The molecule has 0 saturated carbocycles. The van der Waals surface area contributed by atoms with Crippen LogP contribution in [0.25, 0.3) is 0 Å². The van der Waals surface area contributed by atoms with E-state index in [9.17, 15) is 0 Å². The van der Waals surface area contributed by atoms with Gasteiger partial charge in [-0.2, -0.15) is 5.26 Å². The van der Waals surface area contributed by atoms with Crippen LogP contribution >= 0.6 is 0 Å². The molecule has 1 atom stereocenters. The van der Waals surface area contributed by atoms with Crippen molar-refractivity contribution in [3.63, 3.8) is 0 Å². The predicted octanol–water partition coefficient (Wildman–Crippen LogP) is 2.95. The zero-order chi connectivity index (χ0) is 13.7. The van der Waals surface area contributed by atoms with Gasteiger partial charge in [-0.15, -0.1) is 0 Å². The van der Waals surface area contributed by atoms with E-state index in [1.807, 2.05) is 43.3 Å². The number of para-hydroxylation sites is 1. The van der Waals surface area contributed by atoms with E-state index in [-0.39, 0.29) is 6.10 Å². The molecule has 96 valence electrons. The van der Waals surface area contributed by atoms with Gasteiger partial charge in [0.15, 0.2) is 0 Å². The zero-order valence-corrected chi connectivity index (χ0v) is 10.8. The van der Waals surface area contributed by atoms with Crippen LogP contribution in [0.1, 0.15) is 22.8 Å². The zero-order valence-electron chi connectivity index (χ0n) is 10.8. The maximum absolute atomic E-state index is 9.07. The summed E-state index contributed by atoms with van der Waals surface area (Å²) in [5.74, 6) is 0.573. The van der Waals surface area contributed by atoms with E-state index in [1.165, 1.54) is 0 Å². The monoisotopic (exact) mass is 252 g/mol. The van der Waals surface area contributed by atoms with Gasteiger partial charge >= 0.3 is 0 Å². The highest BCUT2D eigenvalue weighted by Gasteiger charge is 2.15. The molecular weight excluding hydrogens is 236 g/mol. The van der Waals surface area contributed by atoms with Crippen molar-refractivity contribution in [2.75, 3.05) is 6.54 Å². The standard InChI is InChI=1S/C16H16N2O/c1-12-6-2-4-8-14(12)16(11-18)19-15-9-5-3-7-13(15)10-17/h2-9,16H,11,18H2,1H3. The number of hydrogen-bond acceptors (Lipinski definition) is 3. The Morgan fingerprint density at radius 1 is 1.16 bits per heavy atom. The first kappa shape index (κ1) is 13.1. The Hall–Kier alpha value is -2.31. The highest BCUT2D eigenvalue weighted by Crippen LogP contribution is 2.26. The first-order valence-corrected chi connectivity index (χ1v) is 6.17. The summed E-state index contributed by atoms with van der Waals surface area (Å²) in [4.78, 5) is 0. The van der Waals surface area contributed by atoms with Crippen LogP contribution in [0.15, 0.2) is 48.5 Å². The number of ether oxygens (including phenoxy) is 1. The molecule has 0 heterocycles. The van der Waals surface area contributed by atoms with E-state index in [0.29, 0.717) is 17.9 Å². The molecular formula is C16H16N2O. The fraction of sp³-hybridized carbons (Fsp3) is 0.188. The third kappa shape index (κ3) is 2.93. The van der Waals surface area contributed by atoms with E-state index in [2.05, 4.69) is 6.07 Å². The van der Waals surface area contributed by atoms with E-state index < -0.39 is 0 Å². The third-order valence-corrected chi connectivity index (χ3v) is 3.03. The largest absolute Gasteiger partial charge is 0.483 e. The lowest BCUT2D eigenvalue weighted by atomic mass is 10.0. The molecule has 0 amide bonds. The molecule has 19 heavy (non-hydrogen) atoms. The first-order chi connectivity index (χ1) is 9.26. The Bertz CT molecular complexity index is 602. The van der Waals surface area contributed by atoms with Crippen molar-refractivity contribution in [1.29, 1.82) is 5.26 Å². The van der Waals surface area contributed by atoms with E-state index in [1.54, 1.807) is 12.1 Å². The number of rotatable bonds is 4. The van der Waals surface area contributed by atoms with Crippen LogP contribution in [0.5, 0.6) is 5.75 Å². The lowest BCUT2D eigenvalue weighted by Crippen LogP contribution is -2.19. The third-order valence-electron chi connectivity index (χ3n) is 3.03. The molecule has 1 unspecified atom stereocenters.